The Morgan fingerprint density at radius 3 is 3.00 bits per heavy atom. The second-order valence-electron chi connectivity index (χ2n) is 4.98. The lowest BCUT2D eigenvalue weighted by Crippen LogP contribution is -2.41. The lowest BCUT2D eigenvalue weighted by Gasteiger charge is -2.26. The smallest absolute Gasteiger partial charge is 0.221 e. The number of amides is 1. The molecule has 1 atom stereocenters. The number of hydrogen-bond acceptors (Lipinski definition) is 4. The van der Waals surface area contributed by atoms with E-state index in [1.165, 1.54) is 0 Å². The van der Waals surface area contributed by atoms with E-state index in [2.05, 4.69) is 10.2 Å². The largest absolute Gasteiger partial charge is 0.472 e. The molecule has 0 aliphatic heterocycles. The molecule has 3 N–H and O–H groups in total. The summed E-state index contributed by atoms with van der Waals surface area (Å²) in [5, 5.41) is 2.99. The van der Waals surface area contributed by atoms with Crippen molar-refractivity contribution < 1.29 is 9.21 Å². The lowest BCUT2D eigenvalue weighted by molar-refractivity contribution is -0.122. The third-order valence-electron chi connectivity index (χ3n) is 3.27. The molecule has 1 saturated carbocycles. The van der Waals surface area contributed by atoms with Gasteiger partial charge in [0, 0.05) is 37.2 Å². The number of furan rings is 1. The topological polar surface area (TPSA) is 71.5 Å². The number of likely N-dealkylation sites (N-methyl/N-ethyl adjacent to an activating group) is 1. The van der Waals surface area contributed by atoms with E-state index < -0.39 is 0 Å². The van der Waals surface area contributed by atoms with Gasteiger partial charge in [-0.05, 0) is 26.0 Å². The van der Waals surface area contributed by atoms with Crippen molar-refractivity contribution in [3.8, 4) is 0 Å². The molecule has 1 aromatic heterocycles. The van der Waals surface area contributed by atoms with Crippen molar-refractivity contribution in [2.24, 2.45) is 5.73 Å². The molecule has 5 nitrogen and oxygen atoms in total. The highest BCUT2D eigenvalue weighted by atomic mass is 16.3. The van der Waals surface area contributed by atoms with Crippen molar-refractivity contribution in [3.05, 3.63) is 24.2 Å². The summed E-state index contributed by atoms with van der Waals surface area (Å²) in [6.07, 6.45) is 6.06. The third-order valence-corrected chi connectivity index (χ3v) is 3.27. The van der Waals surface area contributed by atoms with E-state index in [9.17, 15) is 4.79 Å². The zero-order valence-corrected chi connectivity index (χ0v) is 10.8. The molecule has 1 unspecified atom stereocenters. The second-order valence-corrected chi connectivity index (χ2v) is 4.98. The Bertz CT molecular complexity index is 374. The second kappa shape index (κ2) is 6.02. The van der Waals surface area contributed by atoms with Crippen molar-refractivity contribution in [2.75, 3.05) is 13.6 Å². The summed E-state index contributed by atoms with van der Waals surface area (Å²) in [5.74, 6) is 0.104. The van der Waals surface area contributed by atoms with Crippen LogP contribution in [0.25, 0.3) is 0 Å². The monoisotopic (exact) mass is 251 g/mol. The summed E-state index contributed by atoms with van der Waals surface area (Å²) in [4.78, 5) is 13.9. The molecule has 1 fully saturated rings. The molecule has 5 heteroatoms. The van der Waals surface area contributed by atoms with Gasteiger partial charge in [0.2, 0.25) is 5.91 Å². The number of nitrogens with two attached hydrogens (primary N) is 1. The summed E-state index contributed by atoms with van der Waals surface area (Å²) in [5.41, 5.74) is 6.85. The van der Waals surface area contributed by atoms with E-state index in [4.69, 9.17) is 10.2 Å². The molecule has 0 spiro atoms. The highest BCUT2D eigenvalue weighted by molar-refractivity contribution is 5.77. The first-order chi connectivity index (χ1) is 8.69. The van der Waals surface area contributed by atoms with Crippen LogP contribution in [0.1, 0.15) is 24.8 Å². The van der Waals surface area contributed by atoms with E-state index in [1.807, 2.05) is 13.1 Å². The maximum absolute atomic E-state index is 11.8. The Labute approximate surface area is 107 Å². The van der Waals surface area contributed by atoms with Crippen LogP contribution in [0.3, 0.4) is 0 Å². The molecule has 1 heterocycles. The van der Waals surface area contributed by atoms with Crippen molar-refractivity contribution in [1.82, 2.24) is 10.2 Å². The highest BCUT2D eigenvalue weighted by Crippen LogP contribution is 2.19. The third kappa shape index (κ3) is 3.85. The minimum absolute atomic E-state index is 0.0682. The standard InChI is InChI=1S/C13H21N3O2/c1-16(8-10-4-5-18-9-10)12(7-14)6-13(17)15-11-2-3-11/h4-5,9,11-12H,2-3,6-8,14H2,1H3,(H,15,17). The predicted molar refractivity (Wildman–Crippen MR) is 68.8 cm³/mol. The molecule has 18 heavy (non-hydrogen) atoms. The molecule has 100 valence electrons. The normalized spacial score (nSPS) is 16.8. The zero-order chi connectivity index (χ0) is 13.0. The van der Waals surface area contributed by atoms with Crippen LogP contribution in [0.15, 0.2) is 23.0 Å². The number of carbonyl (C=O) groups excluding carboxylic acids is 1. The molecule has 0 radical (unpaired) electrons. The van der Waals surface area contributed by atoms with Crippen LogP contribution in [-0.4, -0.2) is 36.5 Å². The van der Waals surface area contributed by atoms with Crippen LogP contribution in [-0.2, 0) is 11.3 Å². The SMILES string of the molecule is CN(Cc1ccoc1)C(CN)CC(=O)NC1CC1. The fourth-order valence-corrected chi connectivity index (χ4v) is 1.95. The van der Waals surface area contributed by atoms with Crippen LogP contribution in [0, 0.1) is 0 Å². The molecule has 0 aromatic carbocycles. The van der Waals surface area contributed by atoms with Crippen LogP contribution in [0.4, 0.5) is 0 Å². The highest BCUT2D eigenvalue weighted by Gasteiger charge is 2.25. The first-order valence-corrected chi connectivity index (χ1v) is 6.39. The Kier molecular flexibility index (Phi) is 4.38. The molecule has 1 aliphatic rings. The summed E-state index contributed by atoms with van der Waals surface area (Å²) in [6, 6.07) is 2.41. The Hall–Kier alpha value is -1.33. The molecule has 0 bridgehead atoms. The predicted octanol–water partition coefficient (Wildman–Crippen LogP) is 0.707. The van der Waals surface area contributed by atoms with Gasteiger partial charge in [-0.25, -0.2) is 0 Å². The van der Waals surface area contributed by atoms with Gasteiger partial charge in [-0.2, -0.15) is 0 Å². The minimum atomic E-state index is 0.0682. The minimum Gasteiger partial charge on any atom is -0.472 e. The van der Waals surface area contributed by atoms with Gasteiger partial charge in [0.05, 0.1) is 12.5 Å². The number of nitrogens with one attached hydrogen (secondary N) is 1. The molecule has 1 aliphatic carbocycles. The van der Waals surface area contributed by atoms with Gasteiger partial charge in [0.25, 0.3) is 0 Å². The van der Waals surface area contributed by atoms with Gasteiger partial charge in [0.1, 0.15) is 0 Å². The number of nitrogens with zero attached hydrogens (tertiary/aromatic N) is 1. The maximum atomic E-state index is 11.8. The first kappa shape index (κ1) is 13.1. The Morgan fingerprint density at radius 1 is 1.67 bits per heavy atom. The van der Waals surface area contributed by atoms with Crippen molar-refractivity contribution >= 4 is 5.91 Å². The van der Waals surface area contributed by atoms with Gasteiger partial charge < -0.3 is 15.5 Å². The fourth-order valence-electron chi connectivity index (χ4n) is 1.95. The van der Waals surface area contributed by atoms with Gasteiger partial charge >= 0.3 is 0 Å². The average Bonchev–Trinajstić information content (AvgIpc) is 3.00. The van der Waals surface area contributed by atoms with Gasteiger partial charge in [-0.3, -0.25) is 9.69 Å². The molecule has 2 rings (SSSR count). The Balaban J connectivity index is 1.80. The zero-order valence-electron chi connectivity index (χ0n) is 10.8. The molecular formula is C13H21N3O2. The van der Waals surface area contributed by atoms with E-state index >= 15 is 0 Å². The molecule has 0 saturated heterocycles. The molecular weight excluding hydrogens is 230 g/mol. The van der Waals surface area contributed by atoms with Crippen molar-refractivity contribution in [1.29, 1.82) is 0 Å². The van der Waals surface area contributed by atoms with Gasteiger partial charge in [-0.1, -0.05) is 0 Å². The summed E-state index contributed by atoms with van der Waals surface area (Å²) < 4.78 is 5.03. The quantitative estimate of drug-likeness (QED) is 0.748. The van der Waals surface area contributed by atoms with Crippen LogP contribution in [0.2, 0.25) is 0 Å². The van der Waals surface area contributed by atoms with Crippen LogP contribution < -0.4 is 11.1 Å². The van der Waals surface area contributed by atoms with Gasteiger partial charge in [0.15, 0.2) is 0 Å². The van der Waals surface area contributed by atoms with Gasteiger partial charge in [-0.15, -0.1) is 0 Å². The summed E-state index contributed by atoms with van der Waals surface area (Å²) in [7, 11) is 1.98. The lowest BCUT2D eigenvalue weighted by atomic mass is 10.1. The van der Waals surface area contributed by atoms with Crippen LogP contribution >= 0.6 is 0 Å². The number of carbonyl (C=O) groups is 1. The summed E-state index contributed by atoms with van der Waals surface area (Å²) in [6.45, 7) is 1.22. The van der Waals surface area contributed by atoms with E-state index in [0.29, 0.717) is 19.0 Å². The van der Waals surface area contributed by atoms with E-state index in [1.54, 1.807) is 12.5 Å². The molecule has 1 aromatic rings. The number of hydrogen-bond donors (Lipinski definition) is 2. The first-order valence-electron chi connectivity index (χ1n) is 6.39. The molecule has 1 amide bonds. The van der Waals surface area contributed by atoms with E-state index in [-0.39, 0.29) is 11.9 Å². The van der Waals surface area contributed by atoms with Crippen LogP contribution in [0.5, 0.6) is 0 Å². The van der Waals surface area contributed by atoms with Crippen molar-refractivity contribution in [2.45, 2.75) is 37.9 Å². The fraction of sp³-hybridized carbons (Fsp3) is 0.615. The number of rotatable bonds is 7. The van der Waals surface area contributed by atoms with E-state index in [0.717, 1.165) is 24.9 Å². The average molecular weight is 251 g/mol. The Morgan fingerprint density at radius 2 is 2.44 bits per heavy atom. The summed E-state index contributed by atoms with van der Waals surface area (Å²) >= 11 is 0. The van der Waals surface area contributed by atoms with Crippen molar-refractivity contribution in [3.63, 3.8) is 0 Å². The maximum Gasteiger partial charge on any atom is 0.221 e.